The van der Waals surface area contributed by atoms with Gasteiger partial charge < -0.3 is 14.7 Å². The van der Waals surface area contributed by atoms with Crippen LogP contribution in [0.4, 0.5) is 4.79 Å². The number of nitrogens with one attached hydrogen (secondary N) is 1. The van der Waals surface area contributed by atoms with Gasteiger partial charge >= 0.3 is 6.03 Å². The van der Waals surface area contributed by atoms with Crippen LogP contribution in [0.5, 0.6) is 0 Å². The van der Waals surface area contributed by atoms with E-state index in [0.29, 0.717) is 24.8 Å². The highest BCUT2D eigenvalue weighted by atomic mass is 16.5. The third-order valence-corrected chi connectivity index (χ3v) is 5.09. The molecule has 0 saturated carbocycles. The zero-order chi connectivity index (χ0) is 18.7. The minimum atomic E-state index is -0.00615. The van der Waals surface area contributed by atoms with Crippen molar-refractivity contribution in [3.63, 3.8) is 0 Å². The van der Waals surface area contributed by atoms with E-state index < -0.39 is 0 Å². The van der Waals surface area contributed by atoms with Crippen molar-refractivity contribution in [2.75, 3.05) is 19.6 Å². The number of rotatable bonds is 4. The van der Waals surface area contributed by atoms with Gasteiger partial charge in [0.15, 0.2) is 5.82 Å². The van der Waals surface area contributed by atoms with Crippen LogP contribution in [-0.2, 0) is 6.42 Å². The van der Waals surface area contributed by atoms with Crippen molar-refractivity contribution in [3.05, 3.63) is 46.1 Å². The molecule has 1 aliphatic rings. The molecule has 26 heavy (non-hydrogen) atoms. The second kappa shape index (κ2) is 7.89. The van der Waals surface area contributed by atoms with Gasteiger partial charge in [-0.3, -0.25) is 0 Å². The summed E-state index contributed by atoms with van der Waals surface area (Å²) in [7, 11) is 0. The van der Waals surface area contributed by atoms with E-state index >= 15 is 0 Å². The Labute approximate surface area is 155 Å². The molecule has 1 saturated heterocycles. The number of hydrogen-bond acceptors (Lipinski definition) is 4. The Hall–Kier alpha value is -2.37. The van der Waals surface area contributed by atoms with Crippen LogP contribution < -0.4 is 5.32 Å². The van der Waals surface area contributed by atoms with E-state index in [1.54, 1.807) is 0 Å². The Kier molecular flexibility index (Phi) is 5.59. The highest BCUT2D eigenvalue weighted by molar-refractivity contribution is 5.74. The van der Waals surface area contributed by atoms with Gasteiger partial charge in [-0.15, -0.1) is 0 Å². The molecule has 1 N–H and O–H groups in total. The van der Waals surface area contributed by atoms with Gasteiger partial charge in [0.05, 0.1) is 5.92 Å². The number of benzene rings is 1. The van der Waals surface area contributed by atoms with Gasteiger partial charge in [0.25, 0.3) is 0 Å². The molecule has 0 bridgehead atoms. The van der Waals surface area contributed by atoms with Gasteiger partial charge in [0, 0.05) is 19.6 Å². The molecule has 6 heteroatoms. The van der Waals surface area contributed by atoms with E-state index in [9.17, 15) is 4.79 Å². The van der Waals surface area contributed by atoms with Crippen molar-refractivity contribution in [1.82, 2.24) is 20.4 Å². The number of hydrogen-bond donors (Lipinski definition) is 1. The Morgan fingerprint density at radius 1 is 1.27 bits per heavy atom. The lowest BCUT2D eigenvalue weighted by Gasteiger charge is -2.31. The van der Waals surface area contributed by atoms with Crippen molar-refractivity contribution in [3.8, 4) is 0 Å². The second-order valence-corrected chi connectivity index (χ2v) is 7.32. The van der Waals surface area contributed by atoms with Crippen molar-refractivity contribution in [2.24, 2.45) is 0 Å². The summed E-state index contributed by atoms with van der Waals surface area (Å²) in [6, 6.07) is 4.39. The largest absolute Gasteiger partial charge is 0.339 e. The Balaban J connectivity index is 1.53. The highest BCUT2D eigenvalue weighted by Gasteiger charge is 2.28. The third kappa shape index (κ3) is 4.23. The third-order valence-electron chi connectivity index (χ3n) is 5.09. The smallest absolute Gasteiger partial charge is 0.317 e. The van der Waals surface area contributed by atoms with Crippen molar-refractivity contribution in [2.45, 2.75) is 52.9 Å². The molecular formula is C20H28N4O2. The van der Waals surface area contributed by atoms with Gasteiger partial charge in [0.2, 0.25) is 5.89 Å². The van der Waals surface area contributed by atoms with E-state index in [-0.39, 0.29) is 11.9 Å². The second-order valence-electron chi connectivity index (χ2n) is 7.32. The van der Waals surface area contributed by atoms with Crippen LogP contribution in [0.25, 0.3) is 0 Å². The summed E-state index contributed by atoms with van der Waals surface area (Å²) in [5.41, 5.74) is 5.19. The van der Waals surface area contributed by atoms with Crippen LogP contribution in [0, 0.1) is 27.7 Å². The van der Waals surface area contributed by atoms with E-state index in [0.717, 1.165) is 25.8 Å². The standard InChI is InChI=1S/C20H28N4O2/c1-13-10-14(2)18(15(3)11-13)7-8-21-20(25)24-9-5-6-17(12-24)19-22-16(4)23-26-19/h10-11,17H,5-9,12H2,1-4H3,(H,21,25). The summed E-state index contributed by atoms with van der Waals surface area (Å²) in [4.78, 5) is 18.7. The molecule has 0 aliphatic carbocycles. The summed E-state index contributed by atoms with van der Waals surface area (Å²) >= 11 is 0. The van der Waals surface area contributed by atoms with Gasteiger partial charge in [-0.05, 0) is 63.6 Å². The fourth-order valence-electron chi connectivity index (χ4n) is 3.85. The lowest BCUT2D eigenvalue weighted by atomic mass is 9.97. The number of likely N-dealkylation sites (tertiary alicyclic amines) is 1. The molecule has 3 rings (SSSR count). The normalized spacial score (nSPS) is 17.4. The quantitative estimate of drug-likeness (QED) is 0.911. The molecule has 1 aromatic heterocycles. The molecule has 1 aromatic carbocycles. The SMILES string of the molecule is Cc1cc(C)c(CCNC(=O)N2CCCC(c3nc(C)no3)C2)c(C)c1. The van der Waals surface area contributed by atoms with Crippen LogP contribution in [0.1, 0.15) is 52.7 Å². The van der Waals surface area contributed by atoms with Gasteiger partial charge in [-0.1, -0.05) is 22.9 Å². The molecular weight excluding hydrogens is 328 g/mol. The van der Waals surface area contributed by atoms with E-state index in [2.05, 4.69) is 48.4 Å². The highest BCUT2D eigenvalue weighted by Crippen LogP contribution is 2.25. The number of carbonyl (C=O) groups excluding carboxylic acids is 1. The molecule has 1 unspecified atom stereocenters. The number of urea groups is 1. The molecule has 2 aromatic rings. The van der Waals surface area contributed by atoms with Gasteiger partial charge in [0.1, 0.15) is 0 Å². The number of nitrogens with zero attached hydrogens (tertiary/aromatic N) is 3. The Morgan fingerprint density at radius 3 is 2.65 bits per heavy atom. The summed E-state index contributed by atoms with van der Waals surface area (Å²) in [6.07, 6.45) is 2.78. The molecule has 0 radical (unpaired) electrons. The van der Waals surface area contributed by atoms with Gasteiger partial charge in [-0.25, -0.2) is 4.79 Å². The van der Waals surface area contributed by atoms with Crippen molar-refractivity contribution in [1.29, 1.82) is 0 Å². The average molecular weight is 356 g/mol. The monoisotopic (exact) mass is 356 g/mol. The lowest BCUT2D eigenvalue weighted by Crippen LogP contribution is -2.45. The molecule has 1 atom stereocenters. The predicted octanol–water partition coefficient (Wildman–Crippen LogP) is 3.43. The first kappa shape index (κ1) is 18.4. The fraction of sp³-hybridized carbons (Fsp3) is 0.550. The van der Waals surface area contributed by atoms with Crippen LogP contribution in [0.3, 0.4) is 0 Å². The molecule has 6 nitrogen and oxygen atoms in total. The number of aromatic nitrogens is 2. The average Bonchev–Trinajstić information content (AvgIpc) is 3.03. The molecule has 0 spiro atoms. The summed E-state index contributed by atoms with van der Waals surface area (Å²) < 4.78 is 5.29. The Morgan fingerprint density at radius 2 is 2.00 bits per heavy atom. The first-order valence-electron chi connectivity index (χ1n) is 9.33. The molecule has 1 fully saturated rings. The van der Waals surface area contributed by atoms with Gasteiger partial charge in [-0.2, -0.15) is 4.98 Å². The summed E-state index contributed by atoms with van der Waals surface area (Å²) in [5, 5.41) is 6.93. The van der Waals surface area contributed by atoms with E-state index in [1.165, 1.54) is 22.3 Å². The maximum absolute atomic E-state index is 12.5. The molecule has 140 valence electrons. The summed E-state index contributed by atoms with van der Waals surface area (Å²) in [6.45, 7) is 10.3. The van der Waals surface area contributed by atoms with Crippen LogP contribution in [0.15, 0.2) is 16.7 Å². The van der Waals surface area contributed by atoms with E-state index in [4.69, 9.17) is 4.52 Å². The molecule has 2 amide bonds. The van der Waals surface area contributed by atoms with Crippen molar-refractivity contribution < 1.29 is 9.32 Å². The fourth-order valence-corrected chi connectivity index (χ4v) is 3.85. The van der Waals surface area contributed by atoms with Crippen LogP contribution in [-0.4, -0.2) is 40.7 Å². The minimum absolute atomic E-state index is 0.00615. The van der Waals surface area contributed by atoms with Crippen LogP contribution in [0.2, 0.25) is 0 Å². The zero-order valence-electron chi connectivity index (χ0n) is 16.1. The maximum atomic E-state index is 12.5. The Bertz CT molecular complexity index is 761. The number of carbonyl (C=O) groups is 1. The minimum Gasteiger partial charge on any atom is -0.339 e. The molecule has 1 aliphatic heterocycles. The number of piperidine rings is 1. The first-order chi connectivity index (χ1) is 12.4. The number of aryl methyl sites for hydroxylation is 4. The predicted molar refractivity (Wildman–Crippen MR) is 100 cm³/mol. The first-order valence-corrected chi connectivity index (χ1v) is 9.33. The zero-order valence-corrected chi connectivity index (χ0v) is 16.1. The van der Waals surface area contributed by atoms with Crippen LogP contribution >= 0.6 is 0 Å². The lowest BCUT2D eigenvalue weighted by molar-refractivity contribution is 0.172. The van der Waals surface area contributed by atoms with E-state index in [1.807, 2.05) is 11.8 Å². The number of amides is 2. The van der Waals surface area contributed by atoms with Crippen molar-refractivity contribution >= 4 is 6.03 Å². The topological polar surface area (TPSA) is 71.3 Å². The maximum Gasteiger partial charge on any atom is 0.317 e. The molecule has 2 heterocycles. The summed E-state index contributed by atoms with van der Waals surface area (Å²) in [5.74, 6) is 1.42.